The van der Waals surface area contributed by atoms with Crippen LogP contribution < -0.4 is 0 Å². The quantitative estimate of drug-likeness (QED) is 0.372. The molecule has 2 heteroatoms. The van der Waals surface area contributed by atoms with Crippen LogP contribution in [0.1, 0.15) is 30.8 Å². The SMILES string of the molecule is CC1(C)C(c2ccccn2)=Cc2c1n1c3ccccc3c3cccc2c31. The summed E-state index contributed by atoms with van der Waals surface area (Å²) in [5.41, 5.74) is 7.64. The zero-order valence-corrected chi connectivity index (χ0v) is 14.8. The molecule has 124 valence electrons. The Balaban J connectivity index is 1.80. The van der Waals surface area contributed by atoms with Crippen molar-refractivity contribution in [3.05, 3.63) is 83.8 Å². The van der Waals surface area contributed by atoms with Gasteiger partial charge in [0.25, 0.3) is 0 Å². The minimum absolute atomic E-state index is 0.0998. The first-order valence-electron chi connectivity index (χ1n) is 9.09. The molecule has 6 rings (SSSR count). The maximum absolute atomic E-state index is 4.63. The third-order valence-corrected chi connectivity index (χ3v) is 5.96. The van der Waals surface area contributed by atoms with Crippen molar-refractivity contribution in [3.8, 4) is 0 Å². The monoisotopic (exact) mass is 334 g/mol. The number of allylic oxidation sites excluding steroid dienone is 1. The van der Waals surface area contributed by atoms with Gasteiger partial charge in [0.2, 0.25) is 0 Å². The van der Waals surface area contributed by atoms with Crippen LogP contribution in [0.3, 0.4) is 0 Å². The van der Waals surface area contributed by atoms with E-state index < -0.39 is 0 Å². The first-order chi connectivity index (χ1) is 12.7. The third kappa shape index (κ3) is 1.51. The van der Waals surface area contributed by atoms with Crippen molar-refractivity contribution in [2.24, 2.45) is 0 Å². The maximum atomic E-state index is 4.63. The van der Waals surface area contributed by atoms with E-state index in [1.54, 1.807) is 0 Å². The molecule has 2 aromatic carbocycles. The predicted molar refractivity (Wildman–Crippen MR) is 109 cm³/mol. The van der Waals surface area contributed by atoms with Gasteiger partial charge in [0.1, 0.15) is 0 Å². The zero-order chi connectivity index (χ0) is 17.5. The van der Waals surface area contributed by atoms with E-state index in [-0.39, 0.29) is 5.41 Å². The topological polar surface area (TPSA) is 17.3 Å². The number of hydrogen-bond acceptors (Lipinski definition) is 1. The van der Waals surface area contributed by atoms with Gasteiger partial charge in [-0.25, -0.2) is 0 Å². The normalized spacial score (nSPS) is 15.8. The first kappa shape index (κ1) is 14.1. The molecule has 0 amide bonds. The van der Waals surface area contributed by atoms with Crippen molar-refractivity contribution in [3.63, 3.8) is 0 Å². The Labute approximate surface area is 151 Å². The van der Waals surface area contributed by atoms with Crippen LogP contribution in [-0.2, 0) is 5.41 Å². The van der Waals surface area contributed by atoms with Crippen LogP contribution in [0, 0.1) is 0 Å². The summed E-state index contributed by atoms with van der Waals surface area (Å²) in [6, 6.07) is 21.6. The van der Waals surface area contributed by atoms with Crippen LogP contribution in [0.15, 0.2) is 66.9 Å². The van der Waals surface area contributed by atoms with Gasteiger partial charge in [0, 0.05) is 39.0 Å². The maximum Gasteiger partial charge on any atom is 0.0671 e. The molecule has 0 bridgehead atoms. The molecule has 1 aliphatic rings. The van der Waals surface area contributed by atoms with Gasteiger partial charge in [-0.05, 0) is 29.8 Å². The molecule has 2 nitrogen and oxygen atoms in total. The summed E-state index contributed by atoms with van der Waals surface area (Å²) in [4.78, 5) is 4.63. The number of para-hydroxylation sites is 2. The molecule has 1 aliphatic carbocycles. The number of pyridine rings is 1. The number of fused-ring (bicyclic) bond motifs is 6. The lowest BCUT2D eigenvalue weighted by Crippen LogP contribution is -2.19. The molecule has 0 radical (unpaired) electrons. The van der Waals surface area contributed by atoms with Gasteiger partial charge < -0.3 is 4.40 Å². The molecule has 0 aliphatic heterocycles. The Morgan fingerprint density at radius 2 is 1.58 bits per heavy atom. The van der Waals surface area contributed by atoms with Crippen molar-refractivity contribution in [1.82, 2.24) is 9.38 Å². The van der Waals surface area contributed by atoms with Gasteiger partial charge in [-0.15, -0.1) is 0 Å². The van der Waals surface area contributed by atoms with Crippen LogP contribution in [0.4, 0.5) is 0 Å². The van der Waals surface area contributed by atoms with Crippen molar-refractivity contribution in [2.45, 2.75) is 19.3 Å². The lowest BCUT2D eigenvalue weighted by atomic mass is 9.83. The summed E-state index contributed by atoms with van der Waals surface area (Å²) >= 11 is 0. The average molecular weight is 334 g/mol. The Bertz CT molecular complexity index is 1340. The summed E-state index contributed by atoms with van der Waals surface area (Å²) in [5, 5.41) is 4.02. The van der Waals surface area contributed by atoms with Crippen molar-refractivity contribution in [1.29, 1.82) is 0 Å². The Morgan fingerprint density at radius 1 is 0.808 bits per heavy atom. The summed E-state index contributed by atoms with van der Waals surface area (Å²) in [6.07, 6.45) is 4.24. The molecule has 0 unspecified atom stereocenters. The number of hydrogen-bond donors (Lipinski definition) is 0. The fourth-order valence-corrected chi connectivity index (χ4v) is 4.85. The van der Waals surface area contributed by atoms with Gasteiger partial charge in [-0.2, -0.15) is 0 Å². The van der Waals surface area contributed by atoms with E-state index in [1.807, 2.05) is 12.3 Å². The van der Waals surface area contributed by atoms with Gasteiger partial charge in [0.05, 0.1) is 16.7 Å². The van der Waals surface area contributed by atoms with E-state index in [9.17, 15) is 0 Å². The van der Waals surface area contributed by atoms with Crippen LogP contribution >= 0.6 is 0 Å². The fourth-order valence-electron chi connectivity index (χ4n) is 4.85. The van der Waals surface area contributed by atoms with Crippen molar-refractivity contribution < 1.29 is 0 Å². The molecule has 0 fully saturated rings. The Morgan fingerprint density at radius 3 is 2.42 bits per heavy atom. The number of rotatable bonds is 1. The molecular formula is C24H18N2. The highest BCUT2D eigenvalue weighted by Crippen LogP contribution is 2.51. The molecule has 0 saturated carbocycles. The minimum Gasteiger partial charge on any atom is -0.311 e. The highest BCUT2D eigenvalue weighted by Gasteiger charge is 2.39. The molecule has 5 aromatic rings. The Hall–Kier alpha value is -3.13. The summed E-state index contributed by atoms with van der Waals surface area (Å²) in [5.74, 6) is 0. The van der Waals surface area contributed by atoms with E-state index in [0.29, 0.717) is 0 Å². The standard InChI is InChI=1S/C24H18N2/c1-24(2)19(20-11-5-6-13-25-20)14-18-17-10-7-9-16-15-8-3-4-12-21(15)26(22(16)17)23(18)24/h3-14H,1-2H3. The molecule has 0 atom stereocenters. The lowest BCUT2D eigenvalue weighted by molar-refractivity contribution is 0.670. The molecule has 0 saturated heterocycles. The highest BCUT2D eigenvalue weighted by molar-refractivity contribution is 6.18. The number of benzene rings is 2. The molecule has 3 heterocycles. The molecule has 3 aromatic heterocycles. The molecule has 0 N–H and O–H groups in total. The van der Waals surface area contributed by atoms with E-state index in [2.05, 4.69) is 83.9 Å². The Kier molecular flexibility index (Phi) is 2.45. The molecule has 26 heavy (non-hydrogen) atoms. The average Bonchev–Trinajstić information content (AvgIpc) is 3.27. The van der Waals surface area contributed by atoms with Gasteiger partial charge >= 0.3 is 0 Å². The number of aromatic nitrogens is 2. The van der Waals surface area contributed by atoms with Gasteiger partial charge in [-0.3, -0.25) is 4.98 Å². The van der Waals surface area contributed by atoms with E-state index in [4.69, 9.17) is 0 Å². The zero-order valence-electron chi connectivity index (χ0n) is 14.8. The largest absolute Gasteiger partial charge is 0.311 e. The summed E-state index contributed by atoms with van der Waals surface area (Å²) in [6.45, 7) is 4.64. The lowest BCUT2D eigenvalue weighted by Gasteiger charge is -2.24. The first-order valence-corrected chi connectivity index (χ1v) is 9.09. The van der Waals surface area contributed by atoms with Crippen LogP contribution in [0.2, 0.25) is 0 Å². The second-order valence-electron chi connectivity index (χ2n) is 7.71. The van der Waals surface area contributed by atoms with E-state index in [1.165, 1.54) is 44.0 Å². The second kappa shape index (κ2) is 4.53. The van der Waals surface area contributed by atoms with Crippen LogP contribution in [-0.4, -0.2) is 9.38 Å². The third-order valence-electron chi connectivity index (χ3n) is 5.96. The summed E-state index contributed by atoms with van der Waals surface area (Å²) in [7, 11) is 0. The van der Waals surface area contributed by atoms with Gasteiger partial charge in [0.15, 0.2) is 0 Å². The summed E-state index contributed by atoms with van der Waals surface area (Å²) < 4.78 is 2.49. The van der Waals surface area contributed by atoms with Crippen LogP contribution in [0.25, 0.3) is 38.8 Å². The van der Waals surface area contributed by atoms with E-state index in [0.717, 1.165) is 5.69 Å². The van der Waals surface area contributed by atoms with Gasteiger partial charge in [-0.1, -0.05) is 56.3 Å². The predicted octanol–water partition coefficient (Wildman–Crippen LogP) is 5.91. The highest BCUT2D eigenvalue weighted by atomic mass is 14.9. The van der Waals surface area contributed by atoms with Crippen LogP contribution in [0.5, 0.6) is 0 Å². The number of nitrogens with zero attached hydrogens (tertiary/aromatic N) is 2. The van der Waals surface area contributed by atoms with Crippen molar-refractivity contribution in [2.75, 3.05) is 0 Å². The fraction of sp³-hybridized carbons (Fsp3) is 0.125. The van der Waals surface area contributed by atoms with E-state index >= 15 is 0 Å². The minimum atomic E-state index is -0.0998. The second-order valence-corrected chi connectivity index (χ2v) is 7.71. The molecular weight excluding hydrogens is 316 g/mol. The van der Waals surface area contributed by atoms with Crippen molar-refractivity contribution >= 4 is 38.8 Å². The molecule has 0 spiro atoms. The smallest absolute Gasteiger partial charge is 0.0671 e.